The molecule has 0 saturated carbocycles. The van der Waals surface area contributed by atoms with Gasteiger partial charge in [-0.3, -0.25) is 4.90 Å². The molecule has 0 spiro atoms. The standard InChI is InChI=1S/C20H22N2O2/c1-15-7-9-16(10-8-15)17(11-14-22-12-2-3-13-22)18-5-4-6-19(21-18)20(23)24/h4-11H,2-3,12-14H2,1H3,(H,23,24)/b17-11-. The summed E-state index contributed by atoms with van der Waals surface area (Å²) in [5.74, 6) is -1.00. The van der Waals surface area contributed by atoms with Crippen LogP contribution >= 0.6 is 0 Å². The molecule has 24 heavy (non-hydrogen) atoms. The van der Waals surface area contributed by atoms with E-state index in [1.807, 2.05) is 6.07 Å². The van der Waals surface area contributed by atoms with Crippen molar-refractivity contribution in [3.05, 3.63) is 71.1 Å². The Morgan fingerprint density at radius 1 is 1.12 bits per heavy atom. The van der Waals surface area contributed by atoms with Gasteiger partial charge in [-0.1, -0.05) is 42.0 Å². The van der Waals surface area contributed by atoms with Gasteiger partial charge in [-0.25, -0.2) is 9.78 Å². The quantitative estimate of drug-likeness (QED) is 0.913. The lowest BCUT2D eigenvalue weighted by Crippen LogP contribution is -2.19. The minimum atomic E-state index is -1.00. The average Bonchev–Trinajstić information content (AvgIpc) is 3.10. The number of pyridine rings is 1. The normalized spacial score (nSPS) is 15.6. The maximum atomic E-state index is 11.2. The lowest BCUT2D eigenvalue weighted by molar-refractivity contribution is 0.0690. The van der Waals surface area contributed by atoms with Crippen molar-refractivity contribution in [2.45, 2.75) is 19.8 Å². The number of hydrogen-bond donors (Lipinski definition) is 1. The predicted molar refractivity (Wildman–Crippen MR) is 95.1 cm³/mol. The minimum absolute atomic E-state index is 0.0756. The molecule has 3 rings (SSSR count). The zero-order valence-corrected chi connectivity index (χ0v) is 13.9. The van der Waals surface area contributed by atoms with E-state index in [-0.39, 0.29) is 5.69 Å². The highest BCUT2D eigenvalue weighted by Gasteiger charge is 2.13. The molecule has 124 valence electrons. The maximum absolute atomic E-state index is 11.2. The van der Waals surface area contributed by atoms with E-state index < -0.39 is 5.97 Å². The number of carboxylic acids is 1. The summed E-state index contributed by atoms with van der Waals surface area (Å²) in [5.41, 5.74) is 4.04. The van der Waals surface area contributed by atoms with Gasteiger partial charge in [0.2, 0.25) is 0 Å². The summed E-state index contributed by atoms with van der Waals surface area (Å²) in [6.45, 7) is 5.17. The second kappa shape index (κ2) is 7.41. The molecular weight excluding hydrogens is 300 g/mol. The van der Waals surface area contributed by atoms with Crippen molar-refractivity contribution >= 4 is 11.5 Å². The number of carbonyl (C=O) groups is 1. The Balaban J connectivity index is 1.97. The SMILES string of the molecule is Cc1ccc(/C(=C/CN2CCCC2)c2cccc(C(=O)O)n2)cc1. The molecule has 2 aromatic rings. The van der Waals surface area contributed by atoms with Crippen LogP contribution in [0.3, 0.4) is 0 Å². The van der Waals surface area contributed by atoms with Crippen LogP contribution in [-0.2, 0) is 0 Å². The van der Waals surface area contributed by atoms with E-state index in [0.717, 1.165) is 30.8 Å². The molecule has 4 nitrogen and oxygen atoms in total. The van der Waals surface area contributed by atoms with Gasteiger partial charge in [0.1, 0.15) is 5.69 Å². The third-order valence-corrected chi connectivity index (χ3v) is 4.36. The third-order valence-electron chi connectivity index (χ3n) is 4.36. The molecule has 0 bridgehead atoms. The smallest absolute Gasteiger partial charge is 0.354 e. The molecule has 1 aromatic heterocycles. The fourth-order valence-corrected chi connectivity index (χ4v) is 2.99. The minimum Gasteiger partial charge on any atom is -0.477 e. The van der Waals surface area contributed by atoms with E-state index in [9.17, 15) is 9.90 Å². The van der Waals surface area contributed by atoms with Gasteiger partial charge in [0.15, 0.2) is 0 Å². The maximum Gasteiger partial charge on any atom is 0.354 e. The molecule has 2 heterocycles. The van der Waals surface area contributed by atoms with Crippen molar-refractivity contribution in [1.82, 2.24) is 9.88 Å². The van der Waals surface area contributed by atoms with Crippen LogP contribution in [0.4, 0.5) is 0 Å². The first-order valence-corrected chi connectivity index (χ1v) is 8.34. The van der Waals surface area contributed by atoms with Gasteiger partial charge < -0.3 is 5.11 Å². The van der Waals surface area contributed by atoms with E-state index in [0.29, 0.717) is 5.69 Å². The molecule has 0 amide bonds. The summed E-state index contributed by atoms with van der Waals surface area (Å²) in [4.78, 5) is 18.0. The van der Waals surface area contributed by atoms with Crippen molar-refractivity contribution in [2.75, 3.05) is 19.6 Å². The lowest BCUT2D eigenvalue weighted by Gasteiger charge is -2.14. The van der Waals surface area contributed by atoms with E-state index in [1.165, 1.54) is 24.5 Å². The van der Waals surface area contributed by atoms with Gasteiger partial charge in [0.05, 0.1) is 5.69 Å². The van der Waals surface area contributed by atoms with Crippen molar-refractivity contribution < 1.29 is 9.90 Å². The van der Waals surface area contributed by atoms with Crippen molar-refractivity contribution in [1.29, 1.82) is 0 Å². The van der Waals surface area contributed by atoms with Gasteiger partial charge >= 0.3 is 5.97 Å². The van der Waals surface area contributed by atoms with Crippen LogP contribution in [0.5, 0.6) is 0 Å². The van der Waals surface area contributed by atoms with Crippen molar-refractivity contribution in [2.24, 2.45) is 0 Å². The lowest BCUT2D eigenvalue weighted by atomic mass is 10.00. The monoisotopic (exact) mass is 322 g/mol. The van der Waals surface area contributed by atoms with Crippen LogP contribution in [0.15, 0.2) is 48.5 Å². The van der Waals surface area contributed by atoms with Crippen LogP contribution in [0, 0.1) is 6.92 Å². The van der Waals surface area contributed by atoms with E-state index in [1.54, 1.807) is 6.07 Å². The number of aryl methyl sites for hydroxylation is 1. The summed E-state index contributed by atoms with van der Waals surface area (Å²) < 4.78 is 0. The number of benzene rings is 1. The van der Waals surface area contributed by atoms with E-state index in [4.69, 9.17) is 0 Å². The largest absolute Gasteiger partial charge is 0.477 e. The summed E-state index contributed by atoms with van der Waals surface area (Å²) in [6, 6.07) is 13.4. The second-order valence-electron chi connectivity index (χ2n) is 6.20. The molecule has 1 fully saturated rings. The summed E-state index contributed by atoms with van der Waals surface area (Å²) >= 11 is 0. The molecule has 1 saturated heterocycles. The number of aromatic carboxylic acids is 1. The molecular formula is C20H22N2O2. The van der Waals surface area contributed by atoms with Crippen LogP contribution in [0.2, 0.25) is 0 Å². The number of carboxylic acid groups (broad SMARTS) is 1. The Morgan fingerprint density at radius 2 is 1.79 bits per heavy atom. The Hall–Kier alpha value is -2.46. The molecule has 4 heteroatoms. The highest BCUT2D eigenvalue weighted by molar-refractivity contribution is 5.87. The van der Waals surface area contributed by atoms with Gasteiger partial charge in [0.25, 0.3) is 0 Å². The fourth-order valence-electron chi connectivity index (χ4n) is 2.99. The summed E-state index contributed by atoms with van der Waals surface area (Å²) in [5, 5.41) is 9.21. The Morgan fingerprint density at radius 3 is 2.46 bits per heavy atom. The second-order valence-corrected chi connectivity index (χ2v) is 6.20. The van der Waals surface area contributed by atoms with Crippen LogP contribution in [-0.4, -0.2) is 40.6 Å². The molecule has 1 aliphatic heterocycles. The third kappa shape index (κ3) is 3.89. The van der Waals surface area contributed by atoms with E-state index >= 15 is 0 Å². The van der Waals surface area contributed by atoms with Gasteiger partial charge in [-0.05, 0) is 50.6 Å². The first kappa shape index (κ1) is 16.4. The van der Waals surface area contributed by atoms with Crippen LogP contribution in [0.25, 0.3) is 5.57 Å². The van der Waals surface area contributed by atoms with Crippen LogP contribution in [0.1, 0.15) is 40.2 Å². The molecule has 0 aliphatic carbocycles. The Bertz CT molecular complexity index is 744. The topological polar surface area (TPSA) is 53.4 Å². The predicted octanol–water partition coefficient (Wildman–Crippen LogP) is 3.62. The first-order chi connectivity index (χ1) is 11.6. The average molecular weight is 322 g/mol. The van der Waals surface area contributed by atoms with Crippen molar-refractivity contribution in [3.8, 4) is 0 Å². The summed E-state index contributed by atoms with van der Waals surface area (Å²) in [7, 11) is 0. The number of likely N-dealkylation sites (tertiary alicyclic amines) is 1. The Labute approximate surface area is 142 Å². The highest BCUT2D eigenvalue weighted by atomic mass is 16.4. The van der Waals surface area contributed by atoms with E-state index in [2.05, 4.69) is 47.1 Å². The van der Waals surface area contributed by atoms with Crippen molar-refractivity contribution in [3.63, 3.8) is 0 Å². The Kier molecular flexibility index (Phi) is 5.06. The number of hydrogen-bond acceptors (Lipinski definition) is 3. The number of nitrogens with zero attached hydrogens (tertiary/aromatic N) is 2. The van der Waals surface area contributed by atoms with Gasteiger partial charge in [-0.15, -0.1) is 0 Å². The summed E-state index contributed by atoms with van der Waals surface area (Å²) in [6.07, 6.45) is 4.67. The zero-order chi connectivity index (χ0) is 16.9. The molecule has 0 unspecified atom stereocenters. The first-order valence-electron chi connectivity index (χ1n) is 8.34. The molecule has 1 aromatic carbocycles. The van der Waals surface area contributed by atoms with Gasteiger partial charge in [-0.2, -0.15) is 0 Å². The molecule has 1 aliphatic rings. The van der Waals surface area contributed by atoms with Crippen LogP contribution < -0.4 is 0 Å². The zero-order valence-electron chi connectivity index (χ0n) is 13.9. The highest BCUT2D eigenvalue weighted by Crippen LogP contribution is 2.23. The number of rotatable bonds is 5. The molecule has 0 atom stereocenters. The fraction of sp³-hybridized carbons (Fsp3) is 0.300. The molecule has 1 N–H and O–H groups in total. The number of aromatic nitrogens is 1. The van der Waals surface area contributed by atoms with Gasteiger partial charge in [0, 0.05) is 12.1 Å². The molecule has 0 radical (unpaired) electrons.